The lowest BCUT2D eigenvalue weighted by Gasteiger charge is -2.15. The van der Waals surface area contributed by atoms with E-state index in [2.05, 4.69) is 39.2 Å². The molecule has 0 aliphatic rings. The van der Waals surface area contributed by atoms with Crippen molar-refractivity contribution in [2.45, 2.75) is 33.3 Å². The van der Waals surface area contributed by atoms with Crippen molar-refractivity contribution in [1.82, 2.24) is 9.78 Å². The second kappa shape index (κ2) is 5.47. The molecular weight excluding hydrogens is 304 g/mol. The molecule has 1 aromatic heterocycles. The summed E-state index contributed by atoms with van der Waals surface area (Å²) in [7, 11) is 1.91. The predicted molar refractivity (Wildman–Crippen MR) is 80.2 cm³/mol. The average molecular weight is 323 g/mol. The lowest BCUT2D eigenvalue weighted by Crippen LogP contribution is -2.08. The first-order valence-corrected chi connectivity index (χ1v) is 7.12. The maximum absolute atomic E-state index is 10.5. The Morgan fingerprint density at radius 2 is 2.00 bits per heavy atom. The Labute approximate surface area is 122 Å². The summed E-state index contributed by atoms with van der Waals surface area (Å²) in [5.41, 5.74) is 5.25. The number of aryl methyl sites for hydroxylation is 4. The highest BCUT2D eigenvalue weighted by molar-refractivity contribution is 9.10. The van der Waals surface area contributed by atoms with Crippen LogP contribution in [0.15, 0.2) is 22.7 Å². The number of hydrogen-bond donors (Lipinski definition) is 1. The summed E-state index contributed by atoms with van der Waals surface area (Å²) in [6.07, 6.45) is 0.0494. The highest BCUT2D eigenvalue weighted by Gasteiger charge is 2.17. The van der Waals surface area contributed by atoms with Gasteiger partial charge in [0.15, 0.2) is 0 Å². The number of aliphatic hydroxyl groups is 1. The van der Waals surface area contributed by atoms with Gasteiger partial charge in [0.1, 0.15) is 0 Å². The Morgan fingerprint density at radius 1 is 1.32 bits per heavy atom. The van der Waals surface area contributed by atoms with Crippen molar-refractivity contribution in [1.29, 1.82) is 0 Å². The minimum atomic E-state index is -0.508. The molecule has 0 radical (unpaired) electrons. The number of halogens is 1. The smallest absolute Gasteiger partial charge is 0.0848 e. The van der Waals surface area contributed by atoms with Crippen molar-refractivity contribution >= 4 is 15.9 Å². The number of aliphatic hydroxyl groups excluding tert-OH is 1. The Kier molecular flexibility index (Phi) is 4.11. The number of nitrogens with zero attached hydrogens (tertiary/aromatic N) is 2. The van der Waals surface area contributed by atoms with Crippen molar-refractivity contribution in [3.05, 3.63) is 50.8 Å². The van der Waals surface area contributed by atoms with E-state index in [-0.39, 0.29) is 0 Å². The van der Waals surface area contributed by atoms with Gasteiger partial charge in [0.2, 0.25) is 0 Å². The van der Waals surface area contributed by atoms with Crippen LogP contribution in [0.3, 0.4) is 0 Å². The van der Waals surface area contributed by atoms with Crippen LogP contribution >= 0.6 is 15.9 Å². The van der Waals surface area contributed by atoms with Gasteiger partial charge in [-0.25, -0.2) is 0 Å². The third kappa shape index (κ3) is 2.90. The zero-order chi connectivity index (χ0) is 14.2. The van der Waals surface area contributed by atoms with Crippen LogP contribution in [-0.2, 0) is 13.5 Å². The van der Waals surface area contributed by atoms with Crippen molar-refractivity contribution in [3.8, 4) is 0 Å². The topological polar surface area (TPSA) is 38.1 Å². The highest BCUT2D eigenvalue weighted by Crippen LogP contribution is 2.27. The first-order chi connectivity index (χ1) is 8.90. The molecule has 1 atom stereocenters. The third-order valence-corrected chi connectivity index (χ3v) is 4.47. The second-order valence-electron chi connectivity index (χ2n) is 5.05. The minimum absolute atomic E-state index is 0.508. The van der Waals surface area contributed by atoms with Gasteiger partial charge < -0.3 is 5.11 Å². The monoisotopic (exact) mass is 322 g/mol. The summed E-state index contributed by atoms with van der Waals surface area (Å²) < 4.78 is 2.81. The average Bonchev–Trinajstić information content (AvgIpc) is 2.59. The number of rotatable bonds is 3. The van der Waals surface area contributed by atoms with Gasteiger partial charge in [-0.3, -0.25) is 4.68 Å². The molecule has 4 heteroatoms. The molecule has 0 saturated heterocycles. The second-order valence-corrected chi connectivity index (χ2v) is 5.84. The fourth-order valence-corrected chi connectivity index (χ4v) is 2.81. The first kappa shape index (κ1) is 14.3. The molecule has 19 heavy (non-hydrogen) atoms. The zero-order valence-corrected chi connectivity index (χ0v) is 13.3. The maximum Gasteiger partial charge on any atom is 0.0848 e. The van der Waals surface area contributed by atoms with Crippen molar-refractivity contribution in [3.63, 3.8) is 0 Å². The van der Waals surface area contributed by atoms with Gasteiger partial charge in [-0.15, -0.1) is 0 Å². The Bertz CT molecular complexity index is 604. The van der Waals surface area contributed by atoms with E-state index in [1.165, 1.54) is 5.56 Å². The molecule has 2 aromatic rings. The molecule has 0 aliphatic heterocycles. The molecule has 0 saturated carbocycles. The van der Waals surface area contributed by atoms with Gasteiger partial charge in [0.25, 0.3) is 0 Å². The fraction of sp³-hybridized carbons (Fsp3) is 0.400. The Hall–Kier alpha value is -1.13. The van der Waals surface area contributed by atoms with Crippen LogP contribution in [0.2, 0.25) is 0 Å². The van der Waals surface area contributed by atoms with Crippen LogP contribution in [-0.4, -0.2) is 14.9 Å². The van der Waals surface area contributed by atoms with Crippen LogP contribution in [0.25, 0.3) is 0 Å². The summed E-state index contributed by atoms with van der Waals surface area (Å²) >= 11 is 3.54. The molecule has 0 amide bonds. The Morgan fingerprint density at radius 3 is 2.58 bits per heavy atom. The molecule has 0 aliphatic carbocycles. The normalized spacial score (nSPS) is 12.7. The molecule has 1 unspecified atom stereocenters. The van der Waals surface area contributed by atoms with E-state index in [0.717, 1.165) is 27.0 Å². The summed E-state index contributed by atoms with van der Waals surface area (Å²) in [5, 5.41) is 14.8. The van der Waals surface area contributed by atoms with Gasteiger partial charge in [-0.05, 0) is 47.8 Å². The fourth-order valence-electron chi connectivity index (χ4n) is 2.31. The zero-order valence-electron chi connectivity index (χ0n) is 11.7. The van der Waals surface area contributed by atoms with Crippen LogP contribution in [0.5, 0.6) is 0 Å². The molecule has 1 aromatic carbocycles. The van der Waals surface area contributed by atoms with Crippen molar-refractivity contribution < 1.29 is 5.11 Å². The van der Waals surface area contributed by atoms with Crippen molar-refractivity contribution in [2.24, 2.45) is 7.05 Å². The van der Waals surface area contributed by atoms with Gasteiger partial charge >= 0.3 is 0 Å². The molecular formula is C15H19BrN2O. The molecule has 3 nitrogen and oxygen atoms in total. The standard InChI is InChI=1S/C15H19BrN2O/c1-9-5-6-10(2)12(7-9)14(19)8-13-15(16)11(3)17-18(13)4/h5-7,14,19H,8H2,1-4H3. The molecule has 2 rings (SSSR count). The van der Waals surface area contributed by atoms with Crippen molar-refractivity contribution in [2.75, 3.05) is 0 Å². The van der Waals surface area contributed by atoms with Gasteiger partial charge in [-0.2, -0.15) is 5.10 Å². The van der Waals surface area contributed by atoms with E-state index in [0.29, 0.717) is 6.42 Å². The van der Waals surface area contributed by atoms with Crippen LogP contribution in [0.1, 0.15) is 34.2 Å². The van der Waals surface area contributed by atoms with Crippen LogP contribution in [0.4, 0.5) is 0 Å². The number of aromatic nitrogens is 2. The summed E-state index contributed by atoms with van der Waals surface area (Å²) in [6, 6.07) is 6.17. The Balaban J connectivity index is 2.30. The largest absolute Gasteiger partial charge is 0.388 e. The first-order valence-electron chi connectivity index (χ1n) is 6.33. The molecule has 102 valence electrons. The molecule has 1 heterocycles. The minimum Gasteiger partial charge on any atom is -0.388 e. The molecule has 0 spiro atoms. The quantitative estimate of drug-likeness (QED) is 0.940. The van der Waals surface area contributed by atoms with Gasteiger partial charge in [-0.1, -0.05) is 23.8 Å². The lowest BCUT2D eigenvalue weighted by molar-refractivity contribution is 0.175. The lowest BCUT2D eigenvalue weighted by atomic mass is 9.98. The van der Waals surface area contributed by atoms with Gasteiger partial charge in [0.05, 0.1) is 22.0 Å². The van der Waals surface area contributed by atoms with E-state index in [1.807, 2.05) is 32.5 Å². The van der Waals surface area contributed by atoms with Crippen LogP contribution < -0.4 is 0 Å². The molecule has 1 N–H and O–H groups in total. The van der Waals surface area contributed by atoms with Gasteiger partial charge in [0, 0.05) is 13.5 Å². The van der Waals surface area contributed by atoms with Crippen LogP contribution in [0, 0.1) is 20.8 Å². The maximum atomic E-state index is 10.5. The summed E-state index contributed by atoms with van der Waals surface area (Å²) in [6.45, 7) is 6.03. The molecule has 0 fully saturated rings. The van der Waals surface area contributed by atoms with E-state index in [1.54, 1.807) is 0 Å². The molecule has 0 bridgehead atoms. The third-order valence-electron chi connectivity index (χ3n) is 3.44. The predicted octanol–water partition coefficient (Wildman–Crippen LogP) is 3.38. The van der Waals surface area contributed by atoms with E-state index in [4.69, 9.17) is 0 Å². The van der Waals surface area contributed by atoms with E-state index >= 15 is 0 Å². The SMILES string of the molecule is Cc1ccc(C)c(C(O)Cc2c(Br)c(C)nn2C)c1. The highest BCUT2D eigenvalue weighted by atomic mass is 79.9. The summed E-state index contributed by atoms with van der Waals surface area (Å²) in [5.74, 6) is 0. The number of hydrogen-bond acceptors (Lipinski definition) is 2. The van der Waals surface area contributed by atoms with E-state index < -0.39 is 6.10 Å². The summed E-state index contributed by atoms with van der Waals surface area (Å²) in [4.78, 5) is 0. The number of benzene rings is 1. The van der Waals surface area contributed by atoms with E-state index in [9.17, 15) is 5.11 Å².